The van der Waals surface area contributed by atoms with Gasteiger partial charge >= 0.3 is 0 Å². The van der Waals surface area contributed by atoms with Crippen molar-refractivity contribution in [2.75, 3.05) is 13.1 Å². The zero-order valence-electron chi connectivity index (χ0n) is 11.0. The number of rotatable bonds is 7. The van der Waals surface area contributed by atoms with Crippen molar-refractivity contribution >= 4 is 17.7 Å². The van der Waals surface area contributed by atoms with Gasteiger partial charge in [-0.15, -0.1) is 0 Å². The molecule has 20 heavy (non-hydrogen) atoms. The Morgan fingerprint density at radius 3 is 2.20 bits per heavy atom. The Kier molecular flexibility index (Phi) is 6.53. The molecule has 1 aromatic rings. The van der Waals surface area contributed by atoms with E-state index in [1.165, 1.54) is 0 Å². The number of benzene rings is 1. The molecule has 3 N–H and O–H groups in total. The van der Waals surface area contributed by atoms with Crippen LogP contribution < -0.4 is 16.0 Å². The van der Waals surface area contributed by atoms with Crippen LogP contribution in [0.3, 0.4) is 0 Å². The quantitative estimate of drug-likeness (QED) is 0.598. The summed E-state index contributed by atoms with van der Waals surface area (Å²) in [5.74, 6) is -1.17. The first-order chi connectivity index (χ1) is 9.61. The number of carbonyl (C=O) groups is 3. The number of carbonyl (C=O) groups excluding carboxylic acids is 3. The van der Waals surface area contributed by atoms with E-state index in [4.69, 9.17) is 0 Å². The Balaban J connectivity index is 2.18. The highest BCUT2D eigenvalue weighted by molar-refractivity contribution is 5.91. The molecule has 0 fully saturated rings. The van der Waals surface area contributed by atoms with Gasteiger partial charge in [0.25, 0.3) is 0 Å². The smallest absolute Gasteiger partial charge is 0.243 e. The molecule has 1 aromatic carbocycles. The summed E-state index contributed by atoms with van der Waals surface area (Å²) >= 11 is 0. The molecule has 106 valence electrons. The summed E-state index contributed by atoms with van der Waals surface area (Å²) in [5.41, 5.74) is 0.977. The third kappa shape index (κ3) is 6.34. The Hall–Kier alpha value is -2.63. The van der Waals surface area contributed by atoms with Crippen molar-refractivity contribution < 1.29 is 14.4 Å². The molecule has 6 nitrogen and oxygen atoms in total. The first-order valence-corrected chi connectivity index (χ1v) is 6.09. The highest BCUT2D eigenvalue weighted by atomic mass is 16.2. The molecule has 0 radical (unpaired) electrons. The van der Waals surface area contributed by atoms with Crippen molar-refractivity contribution in [1.82, 2.24) is 16.0 Å². The van der Waals surface area contributed by atoms with Crippen LogP contribution in [0.4, 0.5) is 0 Å². The summed E-state index contributed by atoms with van der Waals surface area (Å²) in [4.78, 5) is 33.6. The van der Waals surface area contributed by atoms with Gasteiger partial charge in [-0.2, -0.15) is 0 Å². The zero-order chi connectivity index (χ0) is 14.8. The number of amides is 3. The monoisotopic (exact) mass is 275 g/mol. The second-order valence-electron chi connectivity index (χ2n) is 3.96. The van der Waals surface area contributed by atoms with Crippen LogP contribution >= 0.6 is 0 Å². The Labute approximate surface area is 117 Å². The second-order valence-corrected chi connectivity index (χ2v) is 3.96. The highest BCUT2D eigenvalue weighted by Gasteiger charge is 2.05. The van der Waals surface area contributed by atoms with E-state index in [0.29, 0.717) is 6.54 Å². The molecule has 0 atom stereocenters. The van der Waals surface area contributed by atoms with E-state index in [1.807, 2.05) is 30.3 Å². The van der Waals surface area contributed by atoms with Crippen molar-refractivity contribution in [2.45, 2.75) is 6.54 Å². The van der Waals surface area contributed by atoms with E-state index in [9.17, 15) is 14.4 Å². The summed E-state index contributed by atoms with van der Waals surface area (Å²) < 4.78 is 0. The van der Waals surface area contributed by atoms with E-state index < -0.39 is 11.8 Å². The average Bonchev–Trinajstić information content (AvgIpc) is 2.49. The summed E-state index contributed by atoms with van der Waals surface area (Å²) in [6, 6.07) is 9.44. The van der Waals surface area contributed by atoms with Gasteiger partial charge in [-0.3, -0.25) is 14.4 Å². The van der Waals surface area contributed by atoms with Gasteiger partial charge < -0.3 is 16.0 Å². The van der Waals surface area contributed by atoms with E-state index in [0.717, 1.165) is 11.6 Å². The number of nitrogens with one attached hydrogen (secondary N) is 3. The van der Waals surface area contributed by atoms with Crippen LogP contribution in [-0.4, -0.2) is 30.8 Å². The summed E-state index contributed by atoms with van der Waals surface area (Å²) in [6.45, 7) is 3.35. The van der Waals surface area contributed by atoms with Gasteiger partial charge in [0.1, 0.15) is 0 Å². The zero-order valence-corrected chi connectivity index (χ0v) is 11.0. The summed E-state index contributed by atoms with van der Waals surface area (Å²) in [6.07, 6.45) is 1.07. The molecule has 0 aromatic heterocycles. The Morgan fingerprint density at radius 2 is 1.55 bits per heavy atom. The van der Waals surface area contributed by atoms with Crippen LogP contribution in [0.15, 0.2) is 43.0 Å². The van der Waals surface area contributed by atoms with Crippen LogP contribution in [0.2, 0.25) is 0 Å². The largest absolute Gasteiger partial charge is 0.350 e. The topological polar surface area (TPSA) is 87.3 Å². The molecule has 0 spiro atoms. The molecule has 0 aliphatic rings. The van der Waals surface area contributed by atoms with Crippen molar-refractivity contribution in [2.24, 2.45) is 0 Å². The number of hydrogen-bond donors (Lipinski definition) is 3. The molecule has 1 rings (SSSR count). The molecule has 0 saturated carbocycles. The fraction of sp³-hybridized carbons (Fsp3) is 0.214. The molecule has 6 heteroatoms. The SMILES string of the molecule is C=CC(=O)NCC(=O)NCC(=O)NCc1ccccc1. The van der Waals surface area contributed by atoms with Crippen molar-refractivity contribution in [3.8, 4) is 0 Å². The molecule has 0 aliphatic heterocycles. The van der Waals surface area contributed by atoms with Gasteiger partial charge in [-0.05, 0) is 11.6 Å². The van der Waals surface area contributed by atoms with Gasteiger partial charge in [-0.25, -0.2) is 0 Å². The fourth-order valence-electron chi connectivity index (χ4n) is 1.34. The van der Waals surface area contributed by atoms with Crippen LogP contribution in [0, 0.1) is 0 Å². The maximum atomic E-state index is 11.5. The molecule has 0 saturated heterocycles. The van der Waals surface area contributed by atoms with Crippen LogP contribution in [-0.2, 0) is 20.9 Å². The number of hydrogen-bond acceptors (Lipinski definition) is 3. The van der Waals surface area contributed by atoms with Gasteiger partial charge in [0.05, 0.1) is 13.1 Å². The maximum absolute atomic E-state index is 11.5. The van der Waals surface area contributed by atoms with Crippen LogP contribution in [0.5, 0.6) is 0 Å². The minimum absolute atomic E-state index is 0.129. The van der Waals surface area contributed by atoms with Gasteiger partial charge in [-0.1, -0.05) is 36.9 Å². The summed E-state index contributed by atoms with van der Waals surface area (Å²) in [5, 5.41) is 7.38. The van der Waals surface area contributed by atoms with Crippen LogP contribution in [0.1, 0.15) is 5.56 Å². The lowest BCUT2D eigenvalue weighted by atomic mass is 10.2. The molecule has 0 heterocycles. The van der Waals surface area contributed by atoms with Crippen LogP contribution in [0.25, 0.3) is 0 Å². The highest BCUT2D eigenvalue weighted by Crippen LogP contribution is 1.96. The van der Waals surface area contributed by atoms with Crippen molar-refractivity contribution in [1.29, 1.82) is 0 Å². The van der Waals surface area contributed by atoms with Gasteiger partial charge in [0.15, 0.2) is 0 Å². The van der Waals surface area contributed by atoms with E-state index in [1.54, 1.807) is 0 Å². The minimum atomic E-state index is -0.436. The van der Waals surface area contributed by atoms with Crippen molar-refractivity contribution in [3.05, 3.63) is 48.6 Å². The standard InChI is InChI=1S/C14H17N3O3/c1-2-12(18)16-9-14(20)17-10-13(19)15-8-11-6-4-3-5-7-11/h2-7H,1,8-10H2,(H,15,19)(H,16,18)(H,17,20). The first kappa shape index (κ1) is 15.4. The van der Waals surface area contributed by atoms with E-state index >= 15 is 0 Å². The Morgan fingerprint density at radius 1 is 0.950 bits per heavy atom. The molecule has 0 bridgehead atoms. The van der Waals surface area contributed by atoms with E-state index in [-0.39, 0.29) is 19.0 Å². The fourth-order valence-corrected chi connectivity index (χ4v) is 1.34. The minimum Gasteiger partial charge on any atom is -0.350 e. The average molecular weight is 275 g/mol. The Bertz CT molecular complexity index is 486. The van der Waals surface area contributed by atoms with Gasteiger partial charge in [0, 0.05) is 6.54 Å². The second kappa shape index (κ2) is 8.47. The normalized spacial score (nSPS) is 9.40. The van der Waals surface area contributed by atoms with Crippen molar-refractivity contribution in [3.63, 3.8) is 0 Å². The van der Waals surface area contributed by atoms with E-state index in [2.05, 4.69) is 22.5 Å². The third-order valence-corrected chi connectivity index (χ3v) is 2.39. The lowest BCUT2D eigenvalue weighted by Gasteiger charge is -2.07. The molecule has 3 amide bonds. The molecule has 0 unspecified atom stereocenters. The molecular weight excluding hydrogens is 258 g/mol. The predicted octanol–water partition coefficient (Wildman–Crippen LogP) is -0.279. The third-order valence-electron chi connectivity index (χ3n) is 2.39. The van der Waals surface area contributed by atoms with Gasteiger partial charge in [0.2, 0.25) is 17.7 Å². The lowest BCUT2D eigenvalue weighted by molar-refractivity contribution is -0.126. The maximum Gasteiger partial charge on any atom is 0.243 e. The summed E-state index contributed by atoms with van der Waals surface area (Å²) in [7, 11) is 0. The first-order valence-electron chi connectivity index (χ1n) is 6.09. The molecule has 0 aliphatic carbocycles. The predicted molar refractivity (Wildman–Crippen MR) is 74.5 cm³/mol. The lowest BCUT2D eigenvalue weighted by Crippen LogP contribution is -2.41. The molecular formula is C14H17N3O3.